The van der Waals surface area contributed by atoms with Gasteiger partial charge in [-0.25, -0.2) is 0 Å². The average Bonchev–Trinajstić information content (AvgIpc) is 2.77. The van der Waals surface area contributed by atoms with Crippen molar-refractivity contribution < 1.29 is 23.9 Å². The van der Waals surface area contributed by atoms with Crippen LogP contribution in [0.2, 0.25) is 0 Å². The van der Waals surface area contributed by atoms with Crippen molar-refractivity contribution in [1.82, 2.24) is 19.6 Å². The van der Waals surface area contributed by atoms with Gasteiger partial charge >= 0.3 is 0 Å². The molecule has 0 atom stereocenters. The van der Waals surface area contributed by atoms with E-state index in [-0.39, 0.29) is 29.7 Å². The molecule has 0 bridgehead atoms. The van der Waals surface area contributed by atoms with Crippen LogP contribution in [0.3, 0.4) is 0 Å². The van der Waals surface area contributed by atoms with Crippen molar-refractivity contribution in [3.8, 4) is 5.75 Å². The normalized spacial score (nSPS) is 16.9. The molecule has 0 radical (unpaired) electrons. The third-order valence-corrected chi connectivity index (χ3v) is 5.80. The lowest BCUT2D eigenvalue weighted by Crippen LogP contribution is -2.50. The predicted molar refractivity (Wildman–Crippen MR) is 119 cm³/mol. The molecule has 2 aliphatic heterocycles. The fourth-order valence-corrected chi connectivity index (χ4v) is 4.00. The van der Waals surface area contributed by atoms with Gasteiger partial charge in [-0.1, -0.05) is 0 Å². The van der Waals surface area contributed by atoms with Crippen LogP contribution in [0.4, 0.5) is 0 Å². The van der Waals surface area contributed by atoms with E-state index in [0.717, 1.165) is 0 Å². The lowest BCUT2D eigenvalue weighted by Gasteiger charge is -2.35. The minimum absolute atomic E-state index is 0.00202. The second-order valence-electron chi connectivity index (χ2n) is 8.51. The summed E-state index contributed by atoms with van der Waals surface area (Å²) in [6, 6.07) is 4.96. The number of carbonyl (C=O) groups is 4. The molecule has 2 aliphatic rings. The molecule has 32 heavy (non-hydrogen) atoms. The van der Waals surface area contributed by atoms with E-state index in [9.17, 15) is 19.2 Å². The van der Waals surface area contributed by atoms with Crippen molar-refractivity contribution in [1.29, 1.82) is 0 Å². The Kier molecular flexibility index (Phi) is 7.37. The minimum atomic E-state index is -0.183. The van der Waals surface area contributed by atoms with Gasteiger partial charge in [0, 0.05) is 77.3 Å². The number of carbonyl (C=O) groups excluding carboxylic acids is 4. The zero-order chi connectivity index (χ0) is 23.4. The average molecular weight is 445 g/mol. The van der Waals surface area contributed by atoms with Crippen molar-refractivity contribution in [3.05, 3.63) is 29.3 Å². The van der Waals surface area contributed by atoms with Crippen LogP contribution < -0.4 is 4.74 Å². The molecule has 1 aromatic rings. The maximum absolute atomic E-state index is 13.2. The monoisotopic (exact) mass is 444 g/mol. The van der Waals surface area contributed by atoms with E-state index < -0.39 is 0 Å². The van der Waals surface area contributed by atoms with Crippen molar-refractivity contribution in [3.63, 3.8) is 0 Å². The van der Waals surface area contributed by atoms with Gasteiger partial charge in [0.15, 0.2) is 0 Å². The number of ether oxygens (including phenoxy) is 1. The quantitative estimate of drug-likeness (QED) is 0.693. The summed E-state index contributed by atoms with van der Waals surface area (Å²) in [6.07, 6.45) is -0.110. The fourth-order valence-electron chi connectivity index (χ4n) is 4.00. The fraction of sp³-hybridized carbons (Fsp3) is 0.565. The first kappa shape index (κ1) is 23.6. The lowest BCUT2D eigenvalue weighted by atomic mass is 10.1. The first-order chi connectivity index (χ1) is 15.2. The van der Waals surface area contributed by atoms with Gasteiger partial charge in [-0.05, 0) is 32.0 Å². The van der Waals surface area contributed by atoms with Gasteiger partial charge in [-0.3, -0.25) is 19.2 Å². The number of piperazine rings is 2. The largest absolute Gasteiger partial charge is 0.491 e. The highest BCUT2D eigenvalue weighted by atomic mass is 16.5. The maximum Gasteiger partial charge on any atom is 0.254 e. The molecule has 0 unspecified atom stereocenters. The molecule has 4 amide bonds. The Morgan fingerprint density at radius 3 is 1.31 bits per heavy atom. The highest BCUT2D eigenvalue weighted by Gasteiger charge is 2.27. The summed E-state index contributed by atoms with van der Waals surface area (Å²) in [5, 5.41) is 0. The van der Waals surface area contributed by atoms with Crippen LogP contribution in [0.5, 0.6) is 5.75 Å². The summed E-state index contributed by atoms with van der Waals surface area (Å²) in [4.78, 5) is 56.3. The van der Waals surface area contributed by atoms with Crippen LogP contribution in [-0.4, -0.2) is 102 Å². The number of benzene rings is 1. The molecule has 0 N–H and O–H groups in total. The van der Waals surface area contributed by atoms with Gasteiger partial charge in [0.1, 0.15) is 5.75 Å². The van der Waals surface area contributed by atoms with Crippen molar-refractivity contribution in [2.24, 2.45) is 0 Å². The van der Waals surface area contributed by atoms with E-state index >= 15 is 0 Å². The molecule has 2 fully saturated rings. The smallest absolute Gasteiger partial charge is 0.254 e. The predicted octanol–water partition coefficient (Wildman–Crippen LogP) is 1.08. The summed E-state index contributed by atoms with van der Waals surface area (Å²) in [5.41, 5.74) is 0.787. The van der Waals surface area contributed by atoms with Gasteiger partial charge in [0.2, 0.25) is 11.8 Å². The summed E-state index contributed by atoms with van der Waals surface area (Å²) < 4.78 is 5.82. The van der Waals surface area contributed by atoms with Crippen LogP contribution in [-0.2, 0) is 9.59 Å². The number of rotatable bonds is 4. The van der Waals surface area contributed by atoms with Gasteiger partial charge in [0.25, 0.3) is 11.8 Å². The molecule has 0 saturated carbocycles. The van der Waals surface area contributed by atoms with Gasteiger partial charge in [0.05, 0.1) is 6.10 Å². The second kappa shape index (κ2) is 10.0. The molecule has 0 aromatic heterocycles. The molecule has 3 rings (SSSR count). The molecule has 1 aromatic carbocycles. The van der Waals surface area contributed by atoms with Crippen molar-refractivity contribution in [2.75, 3.05) is 52.4 Å². The zero-order valence-electron chi connectivity index (χ0n) is 19.3. The Morgan fingerprint density at radius 2 is 1.00 bits per heavy atom. The van der Waals surface area contributed by atoms with Crippen LogP contribution in [0.1, 0.15) is 48.4 Å². The minimum Gasteiger partial charge on any atom is -0.491 e. The molecule has 0 aliphatic carbocycles. The molecule has 2 saturated heterocycles. The third-order valence-electron chi connectivity index (χ3n) is 5.80. The van der Waals surface area contributed by atoms with E-state index in [0.29, 0.717) is 69.2 Å². The first-order valence-corrected chi connectivity index (χ1v) is 11.1. The zero-order valence-corrected chi connectivity index (χ0v) is 19.3. The highest BCUT2D eigenvalue weighted by Crippen LogP contribution is 2.22. The molecular weight excluding hydrogens is 412 g/mol. The molecule has 0 spiro atoms. The van der Waals surface area contributed by atoms with Gasteiger partial charge in [-0.2, -0.15) is 0 Å². The lowest BCUT2D eigenvalue weighted by molar-refractivity contribution is -0.131. The van der Waals surface area contributed by atoms with Crippen LogP contribution in [0, 0.1) is 0 Å². The topological polar surface area (TPSA) is 90.5 Å². The van der Waals surface area contributed by atoms with E-state index in [4.69, 9.17) is 4.74 Å². The Morgan fingerprint density at radius 1 is 0.656 bits per heavy atom. The maximum atomic E-state index is 13.2. The van der Waals surface area contributed by atoms with Crippen molar-refractivity contribution >= 4 is 23.6 Å². The molecule has 2 heterocycles. The van der Waals surface area contributed by atoms with E-state index in [1.54, 1.807) is 37.8 Å². The van der Waals surface area contributed by atoms with E-state index in [2.05, 4.69) is 0 Å². The van der Waals surface area contributed by atoms with E-state index in [1.165, 1.54) is 13.8 Å². The molecule has 9 heteroatoms. The van der Waals surface area contributed by atoms with E-state index in [1.807, 2.05) is 13.8 Å². The number of hydrogen-bond acceptors (Lipinski definition) is 5. The summed E-state index contributed by atoms with van der Waals surface area (Å²) >= 11 is 0. The van der Waals surface area contributed by atoms with Crippen molar-refractivity contribution in [2.45, 2.75) is 33.8 Å². The molecule has 174 valence electrons. The highest BCUT2D eigenvalue weighted by molar-refractivity contribution is 6.00. The molecule has 9 nitrogen and oxygen atoms in total. The molecular formula is C23H32N4O5. The summed E-state index contributed by atoms with van der Waals surface area (Å²) in [5.74, 6) is 0.110. The van der Waals surface area contributed by atoms with Crippen LogP contribution in [0.25, 0.3) is 0 Å². The second-order valence-corrected chi connectivity index (χ2v) is 8.51. The number of nitrogens with zero attached hydrogens (tertiary/aromatic N) is 4. The summed E-state index contributed by atoms with van der Waals surface area (Å²) in [6.45, 7) is 10.6. The summed E-state index contributed by atoms with van der Waals surface area (Å²) in [7, 11) is 0. The number of hydrogen-bond donors (Lipinski definition) is 0. The standard InChI is InChI=1S/C23H32N4O5/c1-16(2)32-21-14-19(22(30)26-9-5-24(6-10-26)17(3)28)13-20(15-21)23(31)27-11-7-25(8-12-27)18(4)29/h13-16H,5-12H2,1-4H3. The van der Waals surface area contributed by atoms with Crippen LogP contribution in [0.15, 0.2) is 18.2 Å². The Labute approximate surface area is 188 Å². The third kappa shape index (κ3) is 5.57. The Hall–Kier alpha value is -3.10. The Bertz CT molecular complexity index is 820. The first-order valence-electron chi connectivity index (χ1n) is 11.1. The SMILES string of the molecule is CC(=O)N1CCN(C(=O)c2cc(OC(C)C)cc(C(=O)N3CCN(C(C)=O)CC3)c2)CC1. The van der Waals surface area contributed by atoms with Crippen LogP contribution >= 0.6 is 0 Å². The Balaban J connectivity index is 1.79. The number of amides is 4. The van der Waals surface area contributed by atoms with Gasteiger partial charge < -0.3 is 24.3 Å². The van der Waals surface area contributed by atoms with Gasteiger partial charge in [-0.15, -0.1) is 0 Å².